The summed E-state index contributed by atoms with van der Waals surface area (Å²) in [5.74, 6) is 2.93. The molecular formula is C26H38N2O2. The number of hydrogen-bond acceptors (Lipinski definition) is 3. The number of rotatable bonds is 1. The molecule has 4 nitrogen and oxygen atoms in total. The van der Waals surface area contributed by atoms with Crippen LogP contribution in [0.5, 0.6) is 0 Å². The average Bonchev–Trinajstić information content (AvgIpc) is 3.10. The average molecular weight is 411 g/mol. The van der Waals surface area contributed by atoms with Crippen LogP contribution in [0.25, 0.3) is 6.08 Å². The summed E-state index contributed by atoms with van der Waals surface area (Å²) in [6.07, 6.45) is 10.8. The van der Waals surface area contributed by atoms with Gasteiger partial charge >= 0.3 is 0 Å². The van der Waals surface area contributed by atoms with Crippen LogP contribution >= 0.6 is 0 Å². The van der Waals surface area contributed by atoms with E-state index in [4.69, 9.17) is 0 Å². The van der Waals surface area contributed by atoms with Gasteiger partial charge in [0.2, 0.25) is 0 Å². The Morgan fingerprint density at radius 1 is 1.10 bits per heavy atom. The van der Waals surface area contributed by atoms with Crippen LogP contribution in [-0.2, 0) is 11.8 Å². The third-order valence-corrected chi connectivity index (χ3v) is 10.2. The molecule has 0 aromatic carbocycles. The van der Waals surface area contributed by atoms with Gasteiger partial charge in [-0.2, -0.15) is 5.10 Å². The lowest BCUT2D eigenvalue weighted by Gasteiger charge is -2.59. The van der Waals surface area contributed by atoms with Crippen molar-refractivity contribution in [2.45, 2.75) is 85.2 Å². The highest BCUT2D eigenvalue weighted by Crippen LogP contribution is 2.66. The minimum absolute atomic E-state index is 0.0953. The van der Waals surface area contributed by atoms with Gasteiger partial charge in [0.25, 0.3) is 0 Å². The summed E-state index contributed by atoms with van der Waals surface area (Å²) in [4.78, 5) is 13.6. The molecule has 0 bridgehead atoms. The van der Waals surface area contributed by atoms with E-state index in [0.717, 1.165) is 60.5 Å². The minimum Gasteiger partial charge on any atom is -0.393 e. The molecule has 4 saturated carbocycles. The Bertz CT molecular complexity index is 914. The smallest absolute Gasteiger partial charge is 0.165 e. The van der Waals surface area contributed by atoms with E-state index in [2.05, 4.69) is 31.9 Å². The maximum Gasteiger partial charge on any atom is 0.165 e. The van der Waals surface area contributed by atoms with Crippen LogP contribution in [0, 0.1) is 48.3 Å². The number of nitrogens with zero attached hydrogens (tertiary/aromatic N) is 2. The van der Waals surface area contributed by atoms with E-state index >= 15 is 0 Å². The number of allylic oxidation sites excluding steroid dienone is 1. The van der Waals surface area contributed by atoms with Gasteiger partial charge in [-0.1, -0.05) is 13.8 Å². The first-order valence-electron chi connectivity index (χ1n) is 12.1. The molecule has 4 aliphatic rings. The van der Waals surface area contributed by atoms with Crippen LogP contribution in [0.15, 0.2) is 5.57 Å². The first kappa shape index (κ1) is 20.5. The number of carbonyl (C=O) groups excluding carboxylic acids is 1. The van der Waals surface area contributed by atoms with Crippen molar-refractivity contribution in [3.05, 3.63) is 22.5 Å². The lowest BCUT2D eigenvalue weighted by Crippen LogP contribution is -2.54. The third-order valence-electron chi connectivity index (χ3n) is 10.2. The number of aliphatic hydroxyl groups excluding tert-OH is 1. The fourth-order valence-corrected chi connectivity index (χ4v) is 8.21. The summed E-state index contributed by atoms with van der Waals surface area (Å²) in [5.41, 5.74) is 4.50. The highest BCUT2D eigenvalue weighted by molar-refractivity contribution is 6.06. The highest BCUT2D eigenvalue weighted by Gasteiger charge is 2.61. The highest BCUT2D eigenvalue weighted by atomic mass is 16.3. The fourth-order valence-electron chi connectivity index (χ4n) is 8.21. The van der Waals surface area contributed by atoms with Crippen molar-refractivity contribution in [2.75, 3.05) is 0 Å². The molecule has 0 radical (unpaired) electrons. The molecule has 1 aromatic heterocycles. The molecule has 1 N–H and O–H groups in total. The molecule has 0 unspecified atom stereocenters. The van der Waals surface area contributed by atoms with Gasteiger partial charge in [-0.15, -0.1) is 0 Å². The topological polar surface area (TPSA) is 55.1 Å². The Morgan fingerprint density at radius 3 is 2.57 bits per heavy atom. The Labute approximate surface area is 181 Å². The van der Waals surface area contributed by atoms with Gasteiger partial charge in [0.1, 0.15) is 0 Å². The predicted molar refractivity (Wildman–Crippen MR) is 119 cm³/mol. The van der Waals surface area contributed by atoms with Crippen LogP contribution in [0.4, 0.5) is 0 Å². The van der Waals surface area contributed by atoms with Gasteiger partial charge in [0, 0.05) is 23.7 Å². The van der Waals surface area contributed by atoms with Crippen LogP contribution in [0.1, 0.15) is 82.2 Å². The first-order chi connectivity index (χ1) is 14.1. The molecule has 5 rings (SSSR count). The van der Waals surface area contributed by atoms with Crippen molar-refractivity contribution >= 4 is 11.9 Å². The molecule has 1 heterocycles. The second kappa shape index (κ2) is 6.79. The van der Waals surface area contributed by atoms with E-state index in [1.807, 2.05) is 18.7 Å². The fraction of sp³-hybridized carbons (Fsp3) is 0.769. The molecule has 30 heavy (non-hydrogen) atoms. The second-order valence-electron chi connectivity index (χ2n) is 11.5. The lowest BCUT2D eigenvalue weighted by molar-refractivity contribution is -0.141. The Morgan fingerprint density at radius 2 is 1.87 bits per heavy atom. The lowest BCUT2D eigenvalue weighted by atomic mass is 9.45. The number of hydrogen-bond donors (Lipinski definition) is 1. The molecule has 4 fully saturated rings. The van der Waals surface area contributed by atoms with Crippen molar-refractivity contribution in [1.82, 2.24) is 9.78 Å². The zero-order valence-electron chi connectivity index (χ0n) is 19.4. The monoisotopic (exact) mass is 410 g/mol. The maximum atomic E-state index is 13.6. The van der Waals surface area contributed by atoms with E-state index in [9.17, 15) is 9.90 Å². The molecule has 4 heteroatoms. The van der Waals surface area contributed by atoms with Crippen LogP contribution < -0.4 is 0 Å². The minimum atomic E-state index is -0.186. The number of aryl methyl sites for hydroxylation is 2. The second-order valence-corrected chi connectivity index (χ2v) is 11.5. The molecule has 7 atom stereocenters. The van der Waals surface area contributed by atoms with E-state index in [-0.39, 0.29) is 11.5 Å². The molecule has 0 spiro atoms. The number of carbonyl (C=O) groups is 1. The zero-order valence-corrected chi connectivity index (χ0v) is 19.4. The molecule has 0 aliphatic heterocycles. The van der Waals surface area contributed by atoms with Crippen molar-refractivity contribution in [3.63, 3.8) is 0 Å². The molecule has 0 saturated heterocycles. The normalized spacial score (nSPS) is 44.7. The van der Waals surface area contributed by atoms with E-state index in [1.54, 1.807) is 0 Å². The van der Waals surface area contributed by atoms with Gasteiger partial charge in [-0.3, -0.25) is 9.48 Å². The van der Waals surface area contributed by atoms with Crippen LogP contribution in [-0.4, -0.2) is 26.8 Å². The summed E-state index contributed by atoms with van der Waals surface area (Å²) >= 11 is 0. The maximum absolute atomic E-state index is 13.6. The Balaban J connectivity index is 1.47. The molecule has 164 valence electrons. The van der Waals surface area contributed by atoms with Gasteiger partial charge in [-0.25, -0.2) is 0 Å². The molecule has 0 amide bonds. The Kier molecular flexibility index (Phi) is 4.63. The molecule has 4 aliphatic carbocycles. The van der Waals surface area contributed by atoms with Gasteiger partial charge in [0.15, 0.2) is 5.78 Å². The summed E-state index contributed by atoms with van der Waals surface area (Å²) in [6, 6.07) is 0. The number of aliphatic hydroxyl groups is 1. The number of Topliss-reactive ketones (excluding diaryl/α,β-unsaturated/α-hetero) is 1. The van der Waals surface area contributed by atoms with E-state index < -0.39 is 0 Å². The zero-order chi connectivity index (χ0) is 21.4. The van der Waals surface area contributed by atoms with Crippen molar-refractivity contribution in [1.29, 1.82) is 0 Å². The van der Waals surface area contributed by atoms with E-state index in [0.29, 0.717) is 29.0 Å². The van der Waals surface area contributed by atoms with Gasteiger partial charge in [-0.05, 0) is 106 Å². The Hall–Kier alpha value is -1.42. The standard InChI is InChI=1S/C26H38N2O2/c1-15-21(16(2)28(5)27-15)12-17-13-23-20-7-6-18-14-19(29)8-10-25(18,3)22(20)9-11-26(23,4)24(17)30/h12,18-20,22-23,29H,6-11,13-14H2,1-5H3/b17-12+/t18-,19+,20-,22+,23+,25-,26+/m0/s1. The molecule has 1 aromatic rings. The largest absolute Gasteiger partial charge is 0.393 e. The number of ketones is 1. The predicted octanol–water partition coefficient (Wildman–Crippen LogP) is 5.00. The van der Waals surface area contributed by atoms with Gasteiger partial charge < -0.3 is 5.11 Å². The molecular weight excluding hydrogens is 372 g/mol. The number of aromatic nitrogens is 2. The number of fused-ring (bicyclic) bond motifs is 5. The van der Waals surface area contributed by atoms with Crippen LogP contribution in [0.2, 0.25) is 0 Å². The first-order valence-corrected chi connectivity index (χ1v) is 12.1. The van der Waals surface area contributed by atoms with Crippen molar-refractivity contribution in [3.8, 4) is 0 Å². The third kappa shape index (κ3) is 2.75. The van der Waals surface area contributed by atoms with Crippen molar-refractivity contribution < 1.29 is 9.90 Å². The van der Waals surface area contributed by atoms with Crippen LogP contribution in [0.3, 0.4) is 0 Å². The quantitative estimate of drug-likeness (QED) is 0.663. The summed E-state index contributed by atoms with van der Waals surface area (Å²) < 4.78 is 1.92. The van der Waals surface area contributed by atoms with E-state index in [1.165, 1.54) is 19.3 Å². The van der Waals surface area contributed by atoms with Crippen molar-refractivity contribution in [2.24, 2.45) is 41.5 Å². The summed E-state index contributed by atoms with van der Waals surface area (Å²) in [7, 11) is 1.98. The summed E-state index contributed by atoms with van der Waals surface area (Å²) in [6.45, 7) is 8.91. The SMILES string of the molecule is Cc1nn(C)c(C)c1/C=C1\C[C@@H]2[C@H]3CC[C@H]4C[C@H](O)CC[C@]4(C)[C@@H]3CC[C@@]2(C)C1=O. The summed E-state index contributed by atoms with van der Waals surface area (Å²) in [5, 5.41) is 14.8. The van der Waals surface area contributed by atoms with Gasteiger partial charge in [0.05, 0.1) is 11.8 Å².